The van der Waals surface area contributed by atoms with Gasteiger partial charge in [-0.15, -0.1) is 0 Å². The molecule has 0 fully saturated rings. The Morgan fingerprint density at radius 2 is 0.470 bits per heavy atom. The molecule has 0 bridgehead atoms. The monoisotopic (exact) mass is 1150 g/mol. The molecule has 0 rings (SSSR count). The van der Waals surface area contributed by atoms with Crippen molar-refractivity contribution in [2.45, 2.75) is 348 Å². The van der Waals surface area contributed by atoms with Crippen molar-refractivity contribution in [2.75, 3.05) is 13.2 Å². The van der Waals surface area contributed by atoms with Crippen LogP contribution in [0, 0.1) is 0 Å². The number of unbranched alkanes of at least 4 members (excludes halogenated alkanes) is 35. The quantitative estimate of drug-likeness (QED) is 0.0261. The van der Waals surface area contributed by atoms with Crippen LogP contribution in [0.15, 0.2) is 109 Å². The van der Waals surface area contributed by atoms with Gasteiger partial charge in [-0.2, -0.15) is 0 Å². The first-order valence-electron chi connectivity index (χ1n) is 35.4. The minimum absolute atomic E-state index is 0.0843. The number of hydrogen-bond acceptors (Lipinski definition) is 6. The number of ether oxygens (including phenoxy) is 3. The van der Waals surface area contributed by atoms with Crippen LogP contribution >= 0.6 is 0 Å². The smallest absolute Gasteiger partial charge is 0.306 e. The van der Waals surface area contributed by atoms with Gasteiger partial charge in [0.05, 0.1) is 0 Å². The zero-order valence-electron chi connectivity index (χ0n) is 54.7. The Balaban J connectivity index is 4.26. The van der Waals surface area contributed by atoms with Crippen molar-refractivity contribution in [3.05, 3.63) is 109 Å². The molecular formula is C77H132O6. The standard InChI is InChI=1S/C77H132O6/c1-4-7-10-13-16-19-22-25-28-31-32-33-34-35-36-37-38-39-40-41-42-43-44-47-49-52-55-58-61-64-67-70-76(79)82-73-74(83-77(80)71-68-65-62-59-56-53-50-46-30-27-24-21-18-15-12-9-6-3)72-81-75(78)69-66-63-60-57-54-51-48-45-29-26-23-20-17-14-11-8-5-2/h8-9,11-12,17-18,20-22,25-27,29-32,34-35,74H,4-7,10,13-16,19,23-24,28,33,36-73H2,1-3H3/b11-8-,12-9-,20-17-,21-18-,25-22-,29-26-,30-27-,32-31-,35-34-. The maximum absolute atomic E-state index is 12.9. The fourth-order valence-corrected chi connectivity index (χ4v) is 10.0. The van der Waals surface area contributed by atoms with Crippen LogP contribution in [-0.2, 0) is 28.6 Å². The number of esters is 3. The molecule has 6 heteroatoms. The van der Waals surface area contributed by atoms with Crippen LogP contribution in [0.5, 0.6) is 0 Å². The number of carbonyl (C=O) groups excluding carboxylic acids is 3. The maximum atomic E-state index is 12.9. The summed E-state index contributed by atoms with van der Waals surface area (Å²) >= 11 is 0. The van der Waals surface area contributed by atoms with Crippen molar-refractivity contribution in [3.8, 4) is 0 Å². The van der Waals surface area contributed by atoms with Crippen LogP contribution < -0.4 is 0 Å². The second-order valence-corrected chi connectivity index (χ2v) is 23.4. The lowest BCUT2D eigenvalue weighted by molar-refractivity contribution is -0.167. The summed E-state index contributed by atoms with van der Waals surface area (Å²) < 4.78 is 17.0. The average molecular weight is 1150 g/mol. The van der Waals surface area contributed by atoms with Crippen molar-refractivity contribution >= 4 is 17.9 Å². The Morgan fingerprint density at radius 1 is 0.253 bits per heavy atom. The largest absolute Gasteiger partial charge is 0.462 e. The molecule has 0 N–H and O–H groups in total. The first-order chi connectivity index (χ1) is 41.0. The first kappa shape index (κ1) is 79.1. The molecule has 0 amide bonds. The molecule has 1 unspecified atom stereocenters. The number of rotatable bonds is 64. The van der Waals surface area contributed by atoms with Crippen LogP contribution in [0.1, 0.15) is 342 Å². The van der Waals surface area contributed by atoms with Gasteiger partial charge in [-0.05, 0) is 122 Å². The molecule has 0 aliphatic carbocycles. The Bertz CT molecular complexity index is 1660. The molecule has 0 heterocycles. The molecule has 0 aliphatic heterocycles. The zero-order valence-corrected chi connectivity index (χ0v) is 54.7. The van der Waals surface area contributed by atoms with E-state index >= 15 is 0 Å². The van der Waals surface area contributed by atoms with E-state index in [-0.39, 0.29) is 31.1 Å². The van der Waals surface area contributed by atoms with Crippen LogP contribution in [0.2, 0.25) is 0 Å². The van der Waals surface area contributed by atoms with Crippen molar-refractivity contribution in [1.29, 1.82) is 0 Å². The van der Waals surface area contributed by atoms with Gasteiger partial charge < -0.3 is 14.2 Å². The van der Waals surface area contributed by atoms with Gasteiger partial charge in [0.25, 0.3) is 0 Å². The van der Waals surface area contributed by atoms with Gasteiger partial charge in [0.15, 0.2) is 6.10 Å². The topological polar surface area (TPSA) is 78.9 Å². The molecule has 0 radical (unpaired) electrons. The molecule has 1 atom stereocenters. The van der Waals surface area contributed by atoms with E-state index < -0.39 is 6.10 Å². The molecule has 0 aliphatic rings. The maximum Gasteiger partial charge on any atom is 0.306 e. The molecule has 476 valence electrons. The number of allylic oxidation sites excluding steroid dienone is 18. The fourth-order valence-electron chi connectivity index (χ4n) is 10.0. The highest BCUT2D eigenvalue weighted by atomic mass is 16.6. The van der Waals surface area contributed by atoms with Gasteiger partial charge in [0.1, 0.15) is 13.2 Å². The second-order valence-electron chi connectivity index (χ2n) is 23.4. The van der Waals surface area contributed by atoms with E-state index in [0.717, 1.165) is 122 Å². The Morgan fingerprint density at radius 3 is 0.735 bits per heavy atom. The lowest BCUT2D eigenvalue weighted by Gasteiger charge is -2.18. The van der Waals surface area contributed by atoms with Gasteiger partial charge in [-0.1, -0.05) is 310 Å². The molecule has 83 heavy (non-hydrogen) atoms. The SMILES string of the molecule is CC/C=C\C/C=C\C/C=C\CCCCCCCCCC(=O)OCC(COC(=O)CCCCCCCCCCCCCCCCCC/C=C\C/C=C\C/C=C\CCCCCCC)OC(=O)CCCCCCCCC/C=C\C/C=C\C/C=C\CC. The zero-order chi connectivity index (χ0) is 59.9. The summed E-state index contributed by atoms with van der Waals surface area (Å²) in [5.41, 5.74) is 0. The van der Waals surface area contributed by atoms with Crippen molar-refractivity contribution in [2.24, 2.45) is 0 Å². The third-order valence-electron chi connectivity index (χ3n) is 15.2. The van der Waals surface area contributed by atoms with E-state index in [4.69, 9.17) is 14.2 Å². The van der Waals surface area contributed by atoms with E-state index in [0.29, 0.717) is 19.3 Å². The molecule has 0 aromatic rings. The van der Waals surface area contributed by atoms with Crippen molar-refractivity contribution in [3.63, 3.8) is 0 Å². The first-order valence-corrected chi connectivity index (χ1v) is 35.4. The van der Waals surface area contributed by atoms with E-state index in [1.807, 2.05) is 0 Å². The van der Waals surface area contributed by atoms with E-state index in [1.165, 1.54) is 180 Å². The summed E-state index contributed by atoms with van der Waals surface area (Å²) in [6.07, 6.45) is 96.9. The van der Waals surface area contributed by atoms with Gasteiger partial charge >= 0.3 is 17.9 Å². The summed E-state index contributed by atoms with van der Waals surface area (Å²) in [6.45, 7) is 6.43. The Hall–Kier alpha value is -3.93. The normalized spacial score (nSPS) is 12.8. The highest BCUT2D eigenvalue weighted by Gasteiger charge is 2.19. The molecule has 0 spiro atoms. The summed E-state index contributed by atoms with van der Waals surface area (Å²) in [6, 6.07) is 0. The summed E-state index contributed by atoms with van der Waals surface area (Å²) in [5, 5.41) is 0. The number of carbonyl (C=O) groups is 3. The van der Waals surface area contributed by atoms with E-state index in [9.17, 15) is 14.4 Å². The molecule has 6 nitrogen and oxygen atoms in total. The molecular weight excluding hydrogens is 1020 g/mol. The Kier molecular flexibility index (Phi) is 67.2. The average Bonchev–Trinajstić information content (AvgIpc) is 3.50. The van der Waals surface area contributed by atoms with E-state index in [2.05, 4.69) is 130 Å². The van der Waals surface area contributed by atoms with Gasteiger partial charge in [-0.3, -0.25) is 14.4 Å². The highest BCUT2D eigenvalue weighted by molar-refractivity contribution is 5.71. The van der Waals surface area contributed by atoms with Crippen LogP contribution in [-0.4, -0.2) is 37.2 Å². The third-order valence-corrected chi connectivity index (χ3v) is 15.2. The molecule has 0 aromatic heterocycles. The van der Waals surface area contributed by atoms with Crippen molar-refractivity contribution < 1.29 is 28.6 Å². The molecule has 0 saturated carbocycles. The summed E-state index contributed by atoms with van der Waals surface area (Å²) in [5.74, 6) is -0.892. The Labute approximate surface area is 514 Å². The second kappa shape index (κ2) is 70.6. The van der Waals surface area contributed by atoms with Gasteiger partial charge in [-0.25, -0.2) is 0 Å². The number of hydrogen-bond donors (Lipinski definition) is 0. The summed E-state index contributed by atoms with van der Waals surface area (Å²) in [4.78, 5) is 38.4. The predicted octanol–water partition coefficient (Wildman–Crippen LogP) is 24.6. The van der Waals surface area contributed by atoms with Gasteiger partial charge in [0, 0.05) is 19.3 Å². The van der Waals surface area contributed by atoms with Gasteiger partial charge in [0.2, 0.25) is 0 Å². The minimum Gasteiger partial charge on any atom is -0.462 e. The molecule has 0 aromatic carbocycles. The van der Waals surface area contributed by atoms with E-state index in [1.54, 1.807) is 0 Å². The highest BCUT2D eigenvalue weighted by Crippen LogP contribution is 2.17. The summed E-state index contributed by atoms with van der Waals surface area (Å²) in [7, 11) is 0. The fraction of sp³-hybridized carbons (Fsp3) is 0.727. The predicted molar refractivity (Wildman–Crippen MR) is 362 cm³/mol. The van der Waals surface area contributed by atoms with Crippen LogP contribution in [0.25, 0.3) is 0 Å². The third kappa shape index (κ3) is 68.7. The lowest BCUT2D eigenvalue weighted by atomic mass is 10.0. The van der Waals surface area contributed by atoms with Crippen LogP contribution in [0.4, 0.5) is 0 Å². The molecule has 0 saturated heterocycles. The van der Waals surface area contributed by atoms with Crippen molar-refractivity contribution in [1.82, 2.24) is 0 Å². The minimum atomic E-state index is -0.790. The van der Waals surface area contributed by atoms with Crippen LogP contribution in [0.3, 0.4) is 0 Å². The lowest BCUT2D eigenvalue weighted by Crippen LogP contribution is -2.30.